The Balaban J connectivity index is 1.91. The standard InChI is InChI=1S/C24H19N2OP/c1-2-28(27)24-14-8-7-13-21(24)25-19-11-5-3-9-17(19)15-22(25)23-16-18-10-4-6-12-20(18)26(23)28/h3-16H,2H2,1H3. The second kappa shape index (κ2) is 5.50. The molecule has 0 N–H and O–H groups in total. The summed E-state index contributed by atoms with van der Waals surface area (Å²) in [5.41, 5.74) is 5.33. The highest BCUT2D eigenvalue weighted by molar-refractivity contribution is 7.70. The maximum atomic E-state index is 14.6. The molecule has 4 heteroatoms. The van der Waals surface area contributed by atoms with Gasteiger partial charge in [-0.3, -0.25) is 8.90 Å². The molecule has 0 radical (unpaired) electrons. The van der Waals surface area contributed by atoms with Crippen LogP contribution in [0.25, 0.3) is 38.9 Å². The Kier molecular flexibility index (Phi) is 3.14. The number of nitrogens with zero attached hydrogens (tertiary/aromatic N) is 2. The van der Waals surface area contributed by atoms with E-state index in [4.69, 9.17) is 0 Å². The van der Waals surface area contributed by atoms with Gasteiger partial charge in [-0.15, -0.1) is 0 Å². The molecule has 5 aromatic rings. The summed E-state index contributed by atoms with van der Waals surface area (Å²) in [6, 6.07) is 29.3. The molecule has 1 atom stereocenters. The average molecular weight is 382 g/mol. The summed E-state index contributed by atoms with van der Waals surface area (Å²) in [4.78, 5) is 0. The van der Waals surface area contributed by atoms with Crippen molar-refractivity contribution in [1.82, 2.24) is 8.90 Å². The molecule has 1 aliphatic heterocycles. The van der Waals surface area contributed by atoms with Gasteiger partial charge in [0.1, 0.15) is 0 Å². The summed E-state index contributed by atoms with van der Waals surface area (Å²) in [5.74, 6) is 0. The van der Waals surface area contributed by atoms with Crippen molar-refractivity contribution in [3.63, 3.8) is 0 Å². The first-order chi connectivity index (χ1) is 13.7. The molecule has 0 saturated heterocycles. The molecule has 0 bridgehead atoms. The molecule has 2 aromatic heterocycles. The Morgan fingerprint density at radius 1 is 0.750 bits per heavy atom. The number of fused-ring (bicyclic) bond motifs is 9. The van der Waals surface area contributed by atoms with Gasteiger partial charge in [-0.25, -0.2) is 0 Å². The van der Waals surface area contributed by atoms with E-state index in [1.165, 1.54) is 5.39 Å². The quantitative estimate of drug-likeness (QED) is 0.325. The van der Waals surface area contributed by atoms with Crippen LogP contribution in [0.1, 0.15) is 6.92 Å². The van der Waals surface area contributed by atoms with Crippen LogP contribution in [0.15, 0.2) is 84.9 Å². The third kappa shape index (κ3) is 1.87. The fraction of sp³-hybridized carbons (Fsp3) is 0.0833. The van der Waals surface area contributed by atoms with E-state index in [1.54, 1.807) is 0 Å². The molecule has 0 saturated carbocycles. The minimum Gasteiger partial charge on any atom is -0.307 e. The van der Waals surface area contributed by atoms with E-state index in [1.807, 2.05) is 37.3 Å². The van der Waals surface area contributed by atoms with Crippen LogP contribution in [0.2, 0.25) is 0 Å². The first kappa shape index (κ1) is 16.0. The fourth-order valence-electron chi connectivity index (χ4n) is 4.64. The number of hydrogen-bond donors (Lipinski definition) is 0. The minimum absolute atomic E-state index is 0.582. The van der Waals surface area contributed by atoms with E-state index in [9.17, 15) is 4.57 Å². The van der Waals surface area contributed by atoms with Gasteiger partial charge in [0.05, 0.1) is 33.4 Å². The molecule has 6 rings (SSSR count). The topological polar surface area (TPSA) is 26.9 Å². The van der Waals surface area contributed by atoms with Crippen LogP contribution in [-0.2, 0) is 4.57 Å². The van der Waals surface area contributed by atoms with Crippen LogP contribution in [0, 0.1) is 0 Å². The van der Waals surface area contributed by atoms with Crippen molar-refractivity contribution in [1.29, 1.82) is 0 Å². The van der Waals surface area contributed by atoms with Crippen molar-refractivity contribution in [2.45, 2.75) is 6.92 Å². The highest BCUT2D eigenvalue weighted by Gasteiger charge is 2.36. The highest BCUT2D eigenvalue weighted by Crippen LogP contribution is 2.55. The SMILES string of the molecule is CCP1(=O)c2ccccc2-n2c(cc3ccccc32)-c2cc3ccccc3n21. The Hall–Kier alpha value is -3.03. The van der Waals surface area contributed by atoms with Crippen LogP contribution in [-0.4, -0.2) is 15.1 Å². The summed E-state index contributed by atoms with van der Waals surface area (Å²) in [6.07, 6.45) is 0.582. The van der Waals surface area contributed by atoms with E-state index in [0.717, 1.165) is 38.8 Å². The van der Waals surface area contributed by atoms with Crippen LogP contribution in [0.3, 0.4) is 0 Å². The van der Waals surface area contributed by atoms with Crippen LogP contribution in [0.5, 0.6) is 0 Å². The zero-order valence-electron chi connectivity index (χ0n) is 15.5. The number of aromatic nitrogens is 2. The highest BCUT2D eigenvalue weighted by atomic mass is 31.2. The maximum absolute atomic E-state index is 14.6. The number of para-hydroxylation sites is 3. The average Bonchev–Trinajstić information content (AvgIpc) is 3.30. The Morgan fingerprint density at radius 3 is 2.14 bits per heavy atom. The van der Waals surface area contributed by atoms with Crippen molar-refractivity contribution >= 4 is 34.4 Å². The van der Waals surface area contributed by atoms with Crippen molar-refractivity contribution in [2.24, 2.45) is 0 Å². The van der Waals surface area contributed by atoms with E-state index >= 15 is 0 Å². The molecular weight excluding hydrogens is 363 g/mol. The fourth-order valence-corrected chi connectivity index (χ4v) is 7.37. The number of benzene rings is 3. The zero-order valence-corrected chi connectivity index (χ0v) is 16.4. The molecule has 0 fully saturated rings. The molecular formula is C24H19N2OP. The lowest BCUT2D eigenvalue weighted by atomic mass is 10.2. The molecule has 3 heterocycles. The summed E-state index contributed by atoms with van der Waals surface area (Å²) in [7, 11) is -2.85. The van der Waals surface area contributed by atoms with Gasteiger partial charge in [0.2, 0.25) is 7.29 Å². The molecule has 136 valence electrons. The molecule has 0 aliphatic carbocycles. The van der Waals surface area contributed by atoms with Crippen molar-refractivity contribution < 1.29 is 4.57 Å². The van der Waals surface area contributed by atoms with Gasteiger partial charge in [-0.1, -0.05) is 55.5 Å². The molecule has 0 spiro atoms. The predicted molar refractivity (Wildman–Crippen MR) is 117 cm³/mol. The van der Waals surface area contributed by atoms with Crippen LogP contribution < -0.4 is 5.30 Å². The number of rotatable bonds is 1. The van der Waals surface area contributed by atoms with Crippen LogP contribution >= 0.6 is 7.29 Å². The lowest BCUT2D eigenvalue weighted by molar-refractivity contribution is 0.577. The maximum Gasteiger partial charge on any atom is 0.207 e. The molecule has 3 nitrogen and oxygen atoms in total. The Labute approximate surface area is 163 Å². The van der Waals surface area contributed by atoms with E-state index in [2.05, 4.69) is 63.5 Å². The van der Waals surface area contributed by atoms with Crippen molar-refractivity contribution in [2.75, 3.05) is 6.16 Å². The largest absolute Gasteiger partial charge is 0.307 e. The third-order valence-electron chi connectivity index (χ3n) is 5.91. The van der Waals surface area contributed by atoms with Gasteiger partial charge in [0.15, 0.2) is 0 Å². The third-order valence-corrected chi connectivity index (χ3v) is 8.97. The number of hydrogen-bond acceptors (Lipinski definition) is 1. The lowest BCUT2D eigenvalue weighted by Gasteiger charge is -2.22. The Bertz CT molecular complexity index is 1440. The monoisotopic (exact) mass is 382 g/mol. The first-order valence-corrected chi connectivity index (χ1v) is 11.5. The minimum atomic E-state index is -2.85. The van der Waals surface area contributed by atoms with Gasteiger partial charge in [0, 0.05) is 16.9 Å². The smallest absolute Gasteiger partial charge is 0.207 e. The lowest BCUT2D eigenvalue weighted by Crippen LogP contribution is -2.16. The van der Waals surface area contributed by atoms with Gasteiger partial charge < -0.3 is 4.57 Å². The van der Waals surface area contributed by atoms with E-state index in [0.29, 0.717) is 6.16 Å². The molecule has 3 aromatic carbocycles. The first-order valence-electron chi connectivity index (χ1n) is 9.63. The molecule has 0 amide bonds. The van der Waals surface area contributed by atoms with E-state index in [-0.39, 0.29) is 0 Å². The normalized spacial score (nSPS) is 17.9. The van der Waals surface area contributed by atoms with Gasteiger partial charge in [-0.2, -0.15) is 0 Å². The molecule has 1 aliphatic rings. The second-order valence-electron chi connectivity index (χ2n) is 7.33. The van der Waals surface area contributed by atoms with Gasteiger partial charge in [-0.05, 0) is 36.4 Å². The van der Waals surface area contributed by atoms with Crippen molar-refractivity contribution in [3.05, 3.63) is 84.9 Å². The summed E-state index contributed by atoms with van der Waals surface area (Å²) in [6.45, 7) is 2.04. The predicted octanol–water partition coefficient (Wildman–Crippen LogP) is 6.04. The summed E-state index contributed by atoms with van der Waals surface area (Å²) < 4.78 is 19.0. The zero-order chi connectivity index (χ0) is 18.9. The van der Waals surface area contributed by atoms with Crippen LogP contribution in [0.4, 0.5) is 0 Å². The second-order valence-corrected chi connectivity index (χ2v) is 10.2. The molecule has 1 unspecified atom stereocenters. The molecule has 28 heavy (non-hydrogen) atoms. The van der Waals surface area contributed by atoms with Gasteiger partial charge >= 0.3 is 0 Å². The van der Waals surface area contributed by atoms with Gasteiger partial charge in [0.25, 0.3) is 0 Å². The summed E-state index contributed by atoms with van der Waals surface area (Å²) >= 11 is 0. The Morgan fingerprint density at radius 2 is 1.36 bits per heavy atom. The van der Waals surface area contributed by atoms with E-state index < -0.39 is 7.29 Å². The van der Waals surface area contributed by atoms with Crippen molar-refractivity contribution in [3.8, 4) is 17.1 Å². The summed E-state index contributed by atoms with van der Waals surface area (Å²) in [5, 5.41) is 3.25.